The molecule has 0 aliphatic carbocycles. The number of carbonyl (C=O) groups excluding carboxylic acids is 2. The molecular weight excluding hydrogens is 324 g/mol. The molecule has 1 aromatic carbocycles. The zero-order valence-electron chi connectivity index (χ0n) is 13.3. The number of hydrogen-bond acceptors (Lipinski definition) is 4. The molecule has 6 heteroatoms. The van der Waals surface area contributed by atoms with E-state index < -0.39 is 0 Å². The molecule has 2 amide bonds. The van der Waals surface area contributed by atoms with Gasteiger partial charge >= 0.3 is 0 Å². The van der Waals surface area contributed by atoms with Gasteiger partial charge in [-0.2, -0.15) is 11.3 Å². The fourth-order valence-corrected chi connectivity index (χ4v) is 4.36. The van der Waals surface area contributed by atoms with Crippen LogP contribution in [0.2, 0.25) is 0 Å². The summed E-state index contributed by atoms with van der Waals surface area (Å²) < 4.78 is 5.14. The molecule has 0 N–H and O–H groups in total. The van der Waals surface area contributed by atoms with Crippen LogP contribution in [0.1, 0.15) is 23.2 Å². The first-order chi connectivity index (χ1) is 11.7. The summed E-state index contributed by atoms with van der Waals surface area (Å²) in [7, 11) is 1.60. The van der Waals surface area contributed by atoms with Crippen LogP contribution in [0.4, 0.5) is 5.69 Å². The number of benzene rings is 1. The Morgan fingerprint density at radius 1 is 1.21 bits per heavy atom. The monoisotopic (exact) mass is 342 g/mol. The molecule has 1 aromatic heterocycles. The molecule has 2 atom stereocenters. The van der Waals surface area contributed by atoms with Crippen LogP contribution in [0.5, 0.6) is 5.75 Å². The molecule has 2 aromatic rings. The van der Waals surface area contributed by atoms with Crippen molar-refractivity contribution in [2.75, 3.05) is 18.6 Å². The van der Waals surface area contributed by atoms with Gasteiger partial charge in [0, 0.05) is 23.9 Å². The molecule has 2 aliphatic heterocycles. The van der Waals surface area contributed by atoms with E-state index in [1.54, 1.807) is 42.7 Å². The van der Waals surface area contributed by atoms with Crippen molar-refractivity contribution >= 4 is 28.8 Å². The maximum atomic E-state index is 12.8. The maximum absolute atomic E-state index is 12.8. The zero-order chi connectivity index (χ0) is 16.7. The number of ether oxygens (including phenoxy) is 1. The maximum Gasteiger partial charge on any atom is 0.254 e. The van der Waals surface area contributed by atoms with Gasteiger partial charge in [-0.15, -0.1) is 0 Å². The molecule has 0 radical (unpaired) electrons. The van der Waals surface area contributed by atoms with Gasteiger partial charge in [0.05, 0.1) is 24.9 Å². The van der Waals surface area contributed by atoms with Crippen LogP contribution in [0.3, 0.4) is 0 Å². The summed E-state index contributed by atoms with van der Waals surface area (Å²) in [4.78, 5) is 29.0. The third-order valence-electron chi connectivity index (χ3n) is 4.88. The van der Waals surface area contributed by atoms with E-state index in [4.69, 9.17) is 4.74 Å². The lowest BCUT2D eigenvalue weighted by Gasteiger charge is -2.25. The minimum atomic E-state index is -0.0352. The molecule has 5 nitrogen and oxygen atoms in total. The molecule has 124 valence electrons. The zero-order valence-corrected chi connectivity index (χ0v) is 14.2. The van der Waals surface area contributed by atoms with E-state index in [1.165, 1.54) is 0 Å². The number of hydrogen-bond donors (Lipinski definition) is 0. The number of methoxy groups -OCH3 is 1. The van der Waals surface area contributed by atoms with E-state index in [2.05, 4.69) is 0 Å². The van der Waals surface area contributed by atoms with Crippen molar-refractivity contribution in [1.82, 2.24) is 4.90 Å². The minimum absolute atomic E-state index is 0.00915. The number of amides is 2. The Hall–Kier alpha value is -2.34. The van der Waals surface area contributed by atoms with Gasteiger partial charge in [-0.25, -0.2) is 0 Å². The largest absolute Gasteiger partial charge is 0.497 e. The van der Waals surface area contributed by atoms with Crippen molar-refractivity contribution in [3.8, 4) is 5.75 Å². The second kappa shape index (κ2) is 5.94. The topological polar surface area (TPSA) is 49.9 Å². The molecule has 0 saturated carbocycles. The lowest BCUT2D eigenvalue weighted by molar-refractivity contribution is -0.117. The van der Waals surface area contributed by atoms with E-state index >= 15 is 0 Å². The Morgan fingerprint density at radius 3 is 2.67 bits per heavy atom. The summed E-state index contributed by atoms with van der Waals surface area (Å²) in [6.07, 6.45) is 1.23. The summed E-state index contributed by atoms with van der Waals surface area (Å²) in [5, 5.41) is 3.97. The highest BCUT2D eigenvalue weighted by Crippen LogP contribution is 2.37. The van der Waals surface area contributed by atoms with Crippen molar-refractivity contribution in [2.24, 2.45) is 0 Å². The number of likely N-dealkylation sites (tertiary alicyclic amines) is 1. The molecule has 2 saturated heterocycles. The third kappa shape index (κ3) is 2.38. The molecule has 4 rings (SSSR count). The molecular formula is C18H18N2O3S. The van der Waals surface area contributed by atoms with Crippen LogP contribution >= 0.6 is 11.3 Å². The molecule has 3 heterocycles. The molecule has 2 aliphatic rings. The van der Waals surface area contributed by atoms with E-state index in [9.17, 15) is 9.59 Å². The highest BCUT2D eigenvalue weighted by molar-refractivity contribution is 7.08. The first-order valence-electron chi connectivity index (χ1n) is 7.98. The van der Waals surface area contributed by atoms with Crippen LogP contribution in [-0.2, 0) is 4.79 Å². The summed E-state index contributed by atoms with van der Waals surface area (Å²) in [5.74, 6) is 0.825. The predicted octanol–water partition coefficient (Wildman–Crippen LogP) is 2.78. The third-order valence-corrected chi connectivity index (χ3v) is 5.55. The van der Waals surface area contributed by atoms with Gasteiger partial charge in [-0.1, -0.05) is 0 Å². The second-order valence-electron chi connectivity index (χ2n) is 6.10. The van der Waals surface area contributed by atoms with Crippen molar-refractivity contribution in [1.29, 1.82) is 0 Å². The minimum Gasteiger partial charge on any atom is -0.497 e. The smallest absolute Gasteiger partial charge is 0.254 e. The summed E-state index contributed by atoms with van der Waals surface area (Å²) in [6, 6.07) is 9.17. The van der Waals surface area contributed by atoms with Gasteiger partial charge in [0.15, 0.2) is 0 Å². The fraction of sp³-hybridized carbons (Fsp3) is 0.333. The average Bonchev–Trinajstić information content (AvgIpc) is 3.31. The van der Waals surface area contributed by atoms with E-state index in [-0.39, 0.29) is 23.9 Å². The van der Waals surface area contributed by atoms with E-state index in [0.29, 0.717) is 18.5 Å². The van der Waals surface area contributed by atoms with Crippen molar-refractivity contribution in [2.45, 2.75) is 24.9 Å². The lowest BCUT2D eigenvalue weighted by Crippen LogP contribution is -2.39. The Labute approximate surface area is 144 Å². The molecule has 0 unspecified atom stereocenters. The second-order valence-corrected chi connectivity index (χ2v) is 6.88. The SMILES string of the molecule is COc1ccc(C(=O)N2CC[C@@H]3[C@@H]2CC(=O)N3c2ccsc2)cc1. The summed E-state index contributed by atoms with van der Waals surface area (Å²) in [5.41, 5.74) is 1.59. The lowest BCUT2D eigenvalue weighted by atomic mass is 10.1. The Morgan fingerprint density at radius 2 is 2.00 bits per heavy atom. The number of rotatable bonds is 3. The fourth-order valence-electron chi connectivity index (χ4n) is 3.73. The standard InChI is InChI=1S/C18H18N2O3S/c1-23-14-4-2-12(3-5-14)18(22)19-8-6-15-16(19)10-17(21)20(15)13-7-9-24-11-13/h2-5,7,9,11,15-16H,6,8,10H2,1H3/t15-,16+/m1/s1. The van der Waals surface area contributed by atoms with Crippen molar-refractivity contribution in [3.63, 3.8) is 0 Å². The highest BCUT2D eigenvalue weighted by atomic mass is 32.1. The van der Waals surface area contributed by atoms with Crippen molar-refractivity contribution in [3.05, 3.63) is 46.7 Å². The van der Waals surface area contributed by atoms with Gasteiger partial charge in [0.25, 0.3) is 5.91 Å². The highest BCUT2D eigenvalue weighted by Gasteiger charge is 2.49. The van der Waals surface area contributed by atoms with E-state index in [1.807, 2.05) is 26.6 Å². The first kappa shape index (κ1) is 15.2. The van der Waals surface area contributed by atoms with Gasteiger partial charge in [0.1, 0.15) is 5.75 Å². The van der Waals surface area contributed by atoms with Gasteiger partial charge in [-0.05, 0) is 42.1 Å². The van der Waals surface area contributed by atoms with E-state index in [0.717, 1.165) is 17.9 Å². The summed E-state index contributed by atoms with van der Waals surface area (Å²) >= 11 is 1.58. The van der Waals surface area contributed by atoms with Crippen molar-refractivity contribution < 1.29 is 14.3 Å². The number of carbonyl (C=O) groups is 2. The quantitative estimate of drug-likeness (QED) is 0.862. The molecule has 2 fully saturated rings. The Bertz CT molecular complexity index is 757. The predicted molar refractivity (Wildman–Crippen MR) is 92.6 cm³/mol. The number of fused-ring (bicyclic) bond motifs is 1. The van der Waals surface area contributed by atoms with Gasteiger partial charge in [-0.3, -0.25) is 9.59 Å². The van der Waals surface area contributed by atoms with Crippen LogP contribution in [-0.4, -0.2) is 42.5 Å². The number of thiophene rings is 1. The molecule has 0 spiro atoms. The Balaban J connectivity index is 1.56. The van der Waals surface area contributed by atoms with Crippen LogP contribution in [0, 0.1) is 0 Å². The van der Waals surface area contributed by atoms with Crippen LogP contribution in [0.25, 0.3) is 0 Å². The molecule has 0 bridgehead atoms. The number of anilines is 1. The average molecular weight is 342 g/mol. The van der Waals surface area contributed by atoms with Crippen LogP contribution < -0.4 is 9.64 Å². The Kier molecular flexibility index (Phi) is 3.76. The van der Waals surface area contributed by atoms with Gasteiger partial charge in [0.2, 0.25) is 5.91 Å². The molecule has 24 heavy (non-hydrogen) atoms. The van der Waals surface area contributed by atoms with Crippen LogP contribution in [0.15, 0.2) is 41.1 Å². The summed E-state index contributed by atoms with van der Waals surface area (Å²) in [6.45, 7) is 0.689. The first-order valence-corrected chi connectivity index (χ1v) is 8.92. The number of nitrogens with zero attached hydrogens (tertiary/aromatic N) is 2. The normalized spacial score (nSPS) is 22.8. The van der Waals surface area contributed by atoms with Gasteiger partial charge < -0.3 is 14.5 Å².